The monoisotopic (exact) mass is 160 g/mol. The van der Waals surface area contributed by atoms with Gasteiger partial charge in [-0.25, -0.2) is 0 Å². The molecule has 64 valence electrons. The molecule has 0 aliphatic carbocycles. The summed E-state index contributed by atoms with van der Waals surface area (Å²) in [7, 11) is 0. The zero-order chi connectivity index (χ0) is 0. The first kappa shape index (κ1) is 984. The van der Waals surface area contributed by atoms with E-state index in [9.17, 15) is 0 Å². The van der Waals surface area contributed by atoms with Gasteiger partial charge in [-0.3, -0.25) is 37.6 Å². The van der Waals surface area contributed by atoms with E-state index < -0.39 is 0 Å². The number of rotatable bonds is 0. The third-order valence-corrected chi connectivity index (χ3v) is 0. The first-order chi connectivity index (χ1) is 0. The first-order valence-electron chi connectivity index (χ1n) is 0. The molecular formula is H8F8. The van der Waals surface area contributed by atoms with Crippen LogP contribution < -0.4 is 0 Å². The molecule has 0 aromatic carbocycles. The van der Waals surface area contributed by atoms with Gasteiger partial charge in [0.2, 0.25) is 0 Å². The van der Waals surface area contributed by atoms with Crippen molar-refractivity contribution in [2.45, 2.75) is 0 Å². The van der Waals surface area contributed by atoms with E-state index in [1.54, 1.807) is 0 Å². The van der Waals surface area contributed by atoms with Crippen molar-refractivity contribution in [2.75, 3.05) is 0 Å². The maximum absolute atomic E-state index is 0. The van der Waals surface area contributed by atoms with Gasteiger partial charge in [-0.15, -0.1) is 0 Å². The Morgan fingerprint density at radius 3 is 0.125 bits per heavy atom. The van der Waals surface area contributed by atoms with Crippen molar-refractivity contribution < 1.29 is 37.6 Å². The molecule has 0 fully saturated rings. The van der Waals surface area contributed by atoms with Crippen LogP contribution in [0.5, 0.6) is 0 Å². The molecule has 0 aromatic rings. The normalized spacial score (nSPS) is 0. The second-order valence-electron chi connectivity index (χ2n) is 0. The lowest BCUT2D eigenvalue weighted by Gasteiger charge is -0.270. The second kappa shape index (κ2) is 608. The molecule has 0 atom stereocenters. The summed E-state index contributed by atoms with van der Waals surface area (Å²) in [5, 5.41) is 0. The van der Waals surface area contributed by atoms with Crippen LogP contribution >= 0.6 is 0 Å². The molecule has 0 amide bonds. The Balaban J connectivity index is 0. The van der Waals surface area contributed by atoms with Gasteiger partial charge in [0.05, 0.1) is 0 Å². The number of hydrogen-bond acceptors (Lipinski definition) is 0. The van der Waals surface area contributed by atoms with Crippen molar-refractivity contribution in [2.24, 2.45) is 0 Å². The van der Waals surface area contributed by atoms with Gasteiger partial charge in [-0.1, -0.05) is 0 Å². The van der Waals surface area contributed by atoms with Crippen LogP contribution in [0, 0.1) is 0 Å². The van der Waals surface area contributed by atoms with Crippen LogP contribution in [-0.2, 0) is 0 Å². The third kappa shape index (κ3) is 342. The minimum Gasteiger partial charge on any atom is -0.269 e. The van der Waals surface area contributed by atoms with Gasteiger partial charge in [0.25, 0.3) is 0 Å². The Morgan fingerprint density at radius 1 is 0.125 bits per heavy atom. The van der Waals surface area contributed by atoms with Gasteiger partial charge in [-0.2, -0.15) is 0 Å². The molecule has 0 saturated heterocycles. The summed E-state index contributed by atoms with van der Waals surface area (Å²) in [5.41, 5.74) is 0. The van der Waals surface area contributed by atoms with Crippen LogP contribution in [0.2, 0.25) is 0 Å². The van der Waals surface area contributed by atoms with Crippen molar-refractivity contribution in [1.82, 2.24) is 0 Å². The summed E-state index contributed by atoms with van der Waals surface area (Å²) in [6, 6.07) is 0. The van der Waals surface area contributed by atoms with Gasteiger partial charge in [0, 0.05) is 0 Å². The van der Waals surface area contributed by atoms with Crippen molar-refractivity contribution in [3.63, 3.8) is 0 Å². The molecule has 0 nitrogen and oxygen atoms in total. The van der Waals surface area contributed by atoms with Crippen LogP contribution in [0.15, 0.2) is 0 Å². The quantitative estimate of drug-likeness (QED) is 0.467. The second-order valence-corrected chi connectivity index (χ2v) is 0. The van der Waals surface area contributed by atoms with Crippen LogP contribution in [0.1, 0.15) is 0 Å². The molecule has 0 aliphatic heterocycles. The van der Waals surface area contributed by atoms with Gasteiger partial charge in [-0.05, 0) is 0 Å². The fourth-order valence-electron chi connectivity index (χ4n) is 0. The highest BCUT2D eigenvalue weighted by atomic mass is 19.0. The molecule has 0 rings (SSSR count). The minimum atomic E-state index is 0. The van der Waals surface area contributed by atoms with Crippen LogP contribution in [0.25, 0.3) is 0 Å². The standard InChI is InChI=1S/8FH/h8*1H. The summed E-state index contributed by atoms with van der Waals surface area (Å²) in [6.45, 7) is 0. The van der Waals surface area contributed by atoms with E-state index in [-0.39, 0.29) is 37.6 Å². The lowest BCUT2D eigenvalue weighted by molar-refractivity contribution is 1.11. The van der Waals surface area contributed by atoms with E-state index in [0.29, 0.717) is 0 Å². The predicted octanol–water partition coefficient (Wildman–Crippen LogP) is 1.22. The minimum absolute atomic E-state index is 0. The van der Waals surface area contributed by atoms with Crippen molar-refractivity contribution in [3.05, 3.63) is 0 Å². The first-order valence-corrected chi connectivity index (χ1v) is 0. The Morgan fingerprint density at radius 2 is 0.125 bits per heavy atom. The van der Waals surface area contributed by atoms with E-state index >= 15 is 0 Å². The van der Waals surface area contributed by atoms with E-state index in [0.717, 1.165) is 0 Å². The summed E-state index contributed by atoms with van der Waals surface area (Å²) < 4.78 is 0. The van der Waals surface area contributed by atoms with Crippen LogP contribution in [0.3, 0.4) is 0 Å². The van der Waals surface area contributed by atoms with Gasteiger partial charge >= 0.3 is 0 Å². The smallest absolute Gasteiger partial charge is 0.269 e. The van der Waals surface area contributed by atoms with Gasteiger partial charge in [0.15, 0.2) is 0 Å². The molecule has 8 heavy (non-hydrogen) atoms. The predicted molar refractivity (Wildman–Crippen MR) is 20.0 cm³/mol. The van der Waals surface area contributed by atoms with E-state index in [1.165, 1.54) is 0 Å². The molecule has 0 spiro atoms. The summed E-state index contributed by atoms with van der Waals surface area (Å²) in [6.07, 6.45) is 0. The van der Waals surface area contributed by atoms with Gasteiger partial charge < -0.3 is 0 Å². The Kier molecular flexibility index (Phi) is 74700. The fraction of sp³-hybridized carbons (Fsp3) is 0. The zero-order valence-electron chi connectivity index (χ0n) is 3.27. The lowest BCUT2D eigenvalue weighted by atomic mass is 19.0. The van der Waals surface area contributed by atoms with Crippen molar-refractivity contribution in [3.8, 4) is 0 Å². The molecule has 8 heteroatoms. The summed E-state index contributed by atoms with van der Waals surface area (Å²) in [4.78, 5) is 0. The van der Waals surface area contributed by atoms with Crippen molar-refractivity contribution in [1.29, 1.82) is 0 Å². The van der Waals surface area contributed by atoms with E-state index in [1.807, 2.05) is 0 Å². The molecule has 0 bridgehead atoms. The van der Waals surface area contributed by atoms with Crippen molar-refractivity contribution >= 4 is 0 Å². The average molecular weight is 160 g/mol. The highest BCUT2D eigenvalue weighted by Crippen LogP contribution is 0.427. The molecule has 0 saturated carbocycles. The Bertz CT molecular complexity index is 0. The number of hydrogen-bond donors (Lipinski definition) is 0. The Hall–Kier alpha value is -0.560. The largest absolute Gasteiger partial charge is 0.269 e. The molecule has 0 aromatic heterocycles. The average Bonchev–Trinajstić information content (AvgIpc) is 0. The molecule has 0 radical (unpaired) electrons. The molecule has 0 N–H and O–H groups in total. The highest BCUT2D eigenvalue weighted by molar-refractivity contribution is 1.11. The fourth-order valence-corrected chi connectivity index (χ4v) is 0. The SMILES string of the molecule is F.F.F.F.F.F.F.F. The summed E-state index contributed by atoms with van der Waals surface area (Å²) in [5.74, 6) is 0. The molecule has 0 heterocycles. The zero-order valence-corrected chi connectivity index (χ0v) is 3.27. The van der Waals surface area contributed by atoms with Crippen LogP contribution in [-0.4, -0.2) is 0 Å². The lowest BCUT2D eigenvalue weighted by Crippen LogP contribution is 0.419. The van der Waals surface area contributed by atoms with E-state index in [4.69, 9.17) is 0 Å². The maximum Gasteiger partial charge on any atom is -0.269 e. The maximum atomic E-state index is 0. The third-order valence-electron chi connectivity index (χ3n) is 0. The topological polar surface area (TPSA) is 0 Å². The van der Waals surface area contributed by atoms with Gasteiger partial charge in [0.1, 0.15) is 0 Å². The molecular weight excluding hydrogens is 152 g/mol. The van der Waals surface area contributed by atoms with Crippen LogP contribution in [0.4, 0.5) is 37.6 Å². The Labute approximate surface area is 39.2 Å². The van der Waals surface area contributed by atoms with E-state index in [2.05, 4.69) is 0 Å². The number of halogens is 8. The summed E-state index contributed by atoms with van der Waals surface area (Å²) >= 11 is 0. The molecule has 0 unspecified atom stereocenters. The highest BCUT2D eigenvalue weighted by Gasteiger charge is -0.262. The molecule has 0 aliphatic rings.